The Morgan fingerprint density at radius 2 is 0.962 bits per heavy atom. The number of anilines is 3. The molecule has 244 valence electrons. The van der Waals surface area contributed by atoms with E-state index >= 15 is 0 Å². The maximum Gasteiger partial charge on any atom is 0.143 e. The van der Waals surface area contributed by atoms with Crippen LogP contribution in [0.1, 0.15) is 0 Å². The van der Waals surface area contributed by atoms with Gasteiger partial charge in [0.15, 0.2) is 0 Å². The smallest absolute Gasteiger partial charge is 0.143 e. The van der Waals surface area contributed by atoms with Crippen LogP contribution in [-0.4, -0.2) is 0 Å². The highest BCUT2D eigenvalue weighted by Gasteiger charge is 2.23. The number of nitrogens with zero attached hydrogens (tertiary/aromatic N) is 1. The molecule has 0 spiro atoms. The Bertz CT molecular complexity index is 2880. The lowest BCUT2D eigenvalue weighted by molar-refractivity contribution is 0.672. The molecule has 2 nitrogen and oxygen atoms in total. The number of furan rings is 1. The summed E-state index contributed by atoms with van der Waals surface area (Å²) in [6, 6.07) is 71.7. The van der Waals surface area contributed by atoms with Crippen LogP contribution in [0.4, 0.5) is 17.1 Å². The topological polar surface area (TPSA) is 16.4 Å². The van der Waals surface area contributed by atoms with E-state index < -0.39 is 0 Å². The van der Waals surface area contributed by atoms with Gasteiger partial charge in [-0.1, -0.05) is 164 Å². The molecule has 0 bridgehead atoms. The number of hydrogen-bond donors (Lipinski definition) is 0. The van der Waals surface area contributed by atoms with Crippen LogP contribution in [-0.2, 0) is 0 Å². The molecule has 52 heavy (non-hydrogen) atoms. The molecule has 0 unspecified atom stereocenters. The van der Waals surface area contributed by atoms with Crippen LogP contribution in [0, 0.1) is 0 Å². The van der Waals surface area contributed by atoms with Gasteiger partial charge in [-0.05, 0) is 80.4 Å². The molecule has 1 heterocycles. The minimum absolute atomic E-state index is 0.862. The predicted molar refractivity (Wildman–Crippen MR) is 220 cm³/mol. The van der Waals surface area contributed by atoms with Crippen LogP contribution in [0.5, 0.6) is 0 Å². The summed E-state index contributed by atoms with van der Waals surface area (Å²) in [4.78, 5) is 2.43. The van der Waals surface area contributed by atoms with E-state index in [2.05, 4.69) is 205 Å². The molecule has 0 radical (unpaired) electrons. The number of rotatable bonds is 6. The molecule has 9 aromatic carbocycles. The third-order valence-electron chi connectivity index (χ3n) is 10.3. The van der Waals surface area contributed by atoms with E-state index in [-0.39, 0.29) is 0 Å². The van der Waals surface area contributed by atoms with Gasteiger partial charge >= 0.3 is 0 Å². The lowest BCUT2D eigenvalue weighted by atomic mass is 9.93. The first kappa shape index (κ1) is 30.0. The fourth-order valence-electron chi connectivity index (χ4n) is 7.79. The highest BCUT2D eigenvalue weighted by atomic mass is 16.3. The summed E-state index contributed by atoms with van der Waals surface area (Å²) in [6.07, 6.45) is 0. The quantitative estimate of drug-likeness (QED) is 0.176. The summed E-state index contributed by atoms with van der Waals surface area (Å²) < 4.78 is 6.73. The molecule has 0 aliphatic heterocycles. The minimum Gasteiger partial charge on any atom is -0.455 e. The van der Waals surface area contributed by atoms with Gasteiger partial charge in [-0.2, -0.15) is 0 Å². The highest BCUT2D eigenvalue weighted by molar-refractivity contribution is 6.20. The lowest BCUT2D eigenvalue weighted by Gasteiger charge is -2.29. The maximum atomic E-state index is 6.73. The number of hydrogen-bond acceptors (Lipinski definition) is 2. The highest BCUT2D eigenvalue weighted by Crippen LogP contribution is 2.48. The van der Waals surface area contributed by atoms with Gasteiger partial charge in [0.1, 0.15) is 11.2 Å². The van der Waals surface area contributed by atoms with Gasteiger partial charge in [0.05, 0.1) is 16.8 Å². The first-order valence-electron chi connectivity index (χ1n) is 17.8. The van der Waals surface area contributed by atoms with Crippen LogP contribution in [0.3, 0.4) is 0 Å². The van der Waals surface area contributed by atoms with Crippen LogP contribution >= 0.6 is 0 Å². The predicted octanol–water partition coefficient (Wildman–Crippen LogP) is 14.4. The molecular formula is C50H33NO. The van der Waals surface area contributed by atoms with E-state index in [1.165, 1.54) is 27.5 Å². The van der Waals surface area contributed by atoms with Gasteiger partial charge in [-0.15, -0.1) is 0 Å². The molecular weight excluding hydrogens is 631 g/mol. The SMILES string of the molecule is c1ccc(-c2ccc(N(c3cc(-c4cccc5ccccc45)ccc3-c3ccccc3)c3cccc4oc5c6ccccc6ccc5c34)cc2)cc1. The average Bonchev–Trinajstić information content (AvgIpc) is 3.62. The fraction of sp³-hybridized carbons (Fsp3) is 0. The van der Waals surface area contributed by atoms with Crippen LogP contribution in [0.25, 0.3) is 76.9 Å². The van der Waals surface area contributed by atoms with Crippen LogP contribution in [0.15, 0.2) is 205 Å². The molecule has 0 saturated heterocycles. The zero-order chi connectivity index (χ0) is 34.4. The van der Waals surface area contributed by atoms with E-state index in [0.29, 0.717) is 0 Å². The number of benzene rings is 9. The normalized spacial score (nSPS) is 11.5. The molecule has 0 N–H and O–H groups in total. The van der Waals surface area contributed by atoms with Crippen molar-refractivity contribution >= 4 is 60.5 Å². The van der Waals surface area contributed by atoms with Crippen molar-refractivity contribution in [1.29, 1.82) is 0 Å². The molecule has 2 heteroatoms. The monoisotopic (exact) mass is 663 g/mol. The molecule has 1 aromatic heterocycles. The Kier molecular flexibility index (Phi) is 7.18. The Morgan fingerprint density at radius 3 is 1.75 bits per heavy atom. The summed E-state index contributed by atoms with van der Waals surface area (Å²) in [5, 5.41) is 6.93. The zero-order valence-corrected chi connectivity index (χ0v) is 28.4. The summed E-state index contributed by atoms with van der Waals surface area (Å²) in [6.45, 7) is 0. The van der Waals surface area contributed by atoms with Gasteiger partial charge in [-0.3, -0.25) is 0 Å². The van der Waals surface area contributed by atoms with Crippen LogP contribution < -0.4 is 4.90 Å². The van der Waals surface area contributed by atoms with Gasteiger partial charge < -0.3 is 9.32 Å². The molecule has 0 saturated carbocycles. The van der Waals surface area contributed by atoms with Crippen LogP contribution in [0.2, 0.25) is 0 Å². The molecule has 0 aliphatic carbocycles. The van der Waals surface area contributed by atoms with E-state index in [9.17, 15) is 0 Å². The largest absolute Gasteiger partial charge is 0.455 e. The van der Waals surface area contributed by atoms with Crippen molar-refractivity contribution in [3.63, 3.8) is 0 Å². The Hall–Kier alpha value is -6.90. The fourth-order valence-corrected chi connectivity index (χ4v) is 7.79. The number of fused-ring (bicyclic) bond motifs is 6. The molecule has 10 rings (SSSR count). The second-order valence-corrected chi connectivity index (χ2v) is 13.3. The standard InChI is InChI=1S/C50H33NO/c1-3-13-34(14-4-1)35-25-29-40(30-26-35)51(46-23-12-24-48-49(46)45-32-27-38-18-8-10-21-44(38)50(45)52-48)47-33-39(28-31-43(47)37-15-5-2-6-16-37)42-22-11-19-36-17-7-9-20-41(36)42/h1-33H. The van der Waals surface area contributed by atoms with Crippen molar-refractivity contribution in [2.24, 2.45) is 0 Å². The molecule has 0 fully saturated rings. The first-order valence-corrected chi connectivity index (χ1v) is 17.8. The van der Waals surface area contributed by atoms with Gasteiger partial charge in [0.2, 0.25) is 0 Å². The van der Waals surface area contributed by atoms with E-state index in [4.69, 9.17) is 4.42 Å². The van der Waals surface area contributed by atoms with Crippen molar-refractivity contribution in [3.8, 4) is 33.4 Å². The Balaban J connectivity index is 1.28. The van der Waals surface area contributed by atoms with Crippen molar-refractivity contribution in [2.45, 2.75) is 0 Å². The molecule has 0 amide bonds. The van der Waals surface area contributed by atoms with Gasteiger partial charge in [0.25, 0.3) is 0 Å². The summed E-state index contributed by atoms with van der Waals surface area (Å²) in [5.74, 6) is 0. The molecule has 0 aliphatic rings. The van der Waals surface area contributed by atoms with Crippen molar-refractivity contribution in [2.75, 3.05) is 4.90 Å². The maximum absolute atomic E-state index is 6.73. The second kappa shape index (κ2) is 12.5. The molecule has 0 atom stereocenters. The van der Waals surface area contributed by atoms with Gasteiger partial charge in [-0.25, -0.2) is 0 Å². The lowest BCUT2D eigenvalue weighted by Crippen LogP contribution is -2.12. The average molecular weight is 664 g/mol. The summed E-state index contributed by atoms with van der Waals surface area (Å²) >= 11 is 0. The minimum atomic E-state index is 0.862. The van der Waals surface area contributed by atoms with Crippen molar-refractivity contribution in [3.05, 3.63) is 200 Å². The summed E-state index contributed by atoms with van der Waals surface area (Å²) in [5.41, 5.74) is 12.0. The van der Waals surface area contributed by atoms with E-state index in [0.717, 1.165) is 66.5 Å². The van der Waals surface area contributed by atoms with E-state index in [1.807, 2.05) is 0 Å². The first-order chi connectivity index (χ1) is 25.8. The van der Waals surface area contributed by atoms with Crippen molar-refractivity contribution in [1.82, 2.24) is 0 Å². The third kappa shape index (κ3) is 5.04. The third-order valence-corrected chi connectivity index (χ3v) is 10.3. The Labute approximate surface area is 302 Å². The zero-order valence-electron chi connectivity index (χ0n) is 28.4. The van der Waals surface area contributed by atoms with Crippen molar-refractivity contribution < 1.29 is 4.42 Å². The second-order valence-electron chi connectivity index (χ2n) is 13.3. The molecule has 10 aromatic rings. The Morgan fingerprint density at radius 1 is 0.346 bits per heavy atom. The van der Waals surface area contributed by atoms with E-state index in [1.54, 1.807) is 0 Å². The summed E-state index contributed by atoms with van der Waals surface area (Å²) in [7, 11) is 0. The van der Waals surface area contributed by atoms with Gasteiger partial charge in [0, 0.05) is 22.0 Å².